The van der Waals surface area contributed by atoms with Crippen molar-refractivity contribution in [1.29, 1.82) is 0 Å². The minimum atomic E-state index is -0.414. The smallest absolute Gasteiger partial charge is 0.266 e. The standard InChI is InChI=1S/C22H18ClFN4O4/c1-12-9-16(17(31-2)10-15(12)23)26-18(29)7-8-28-11-25-21-19(22(28)30)20(27-32-21)13-3-5-14(24)6-4-13/h3-6,9-11H,7-8H2,1-2H3,(H,26,29). The Morgan fingerprint density at radius 3 is 2.75 bits per heavy atom. The number of hydrogen-bond acceptors (Lipinski definition) is 6. The van der Waals surface area contributed by atoms with Gasteiger partial charge in [0.1, 0.15) is 29.0 Å². The van der Waals surface area contributed by atoms with Gasteiger partial charge in [0, 0.05) is 29.6 Å². The predicted octanol–water partition coefficient (Wildman–Crippen LogP) is 4.19. The van der Waals surface area contributed by atoms with Gasteiger partial charge in [-0.3, -0.25) is 14.2 Å². The number of benzene rings is 2. The van der Waals surface area contributed by atoms with Crippen LogP contribution in [0.1, 0.15) is 12.0 Å². The zero-order valence-corrected chi connectivity index (χ0v) is 17.9. The number of ether oxygens (including phenoxy) is 1. The quantitative estimate of drug-likeness (QED) is 0.467. The van der Waals surface area contributed by atoms with E-state index in [0.717, 1.165) is 5.56 Å². The highest BCUT2D eigenvalue weighted by Crippen LogP contribution is 2.31. The van der Waals surface area contributed by atoms with Crippen LogP contribution in [-0.2, 0) is 11.3 Å². The maximum absolute atomic E-state index is 13.2. The minimum absolute atomic E-state index is 0.00901. The number of amides is 1. The highest BCUT2D eigenvalue weighted by molar-refractivity contribution is 6.31. The Labute approximate surface area is 186 Å². The van der Waals surface area contributed by atoms with Gasteiger partial charge < -0.3 is 14.6 Å². The SMILES string of the molecule is COc1cc(Cl)c(C)cc1NC(=O)CCn1cnc2onc(-c3ccc(F)cc3)c2c1=O. The monoisotopic (exact) mass is 456 g/mol. The van der Waals surface area contributed by atoms with Crippen LogP contribution >= 0.6 is 11.6 Å². The molecule has 0 spiro atoms. The van der Waals surface area contributed by atoms with Gasteiger partial charge in [-0.25, -0.2) is 9.37 Å². The van der Waals surface area contributed by atoms with Crippen LogP contribution in [0.15, 0.2) is 52.0 Å². The topological polar surface area (TPSA) is 99.2 Å². The summed E-state index contributed by atoms with van der Waals surface area (Å²) in [5, 5.41) is 7.36. The second-order valence-corrected chi connectivity index (χ2v) is 7.47. The molecule has 32 heavy (non-hydrogen) atoms. The van der Waals surface area contributed by atoms with Gasteiger partial charge >= 0.3 is 0 Å². The number of nitrogens with zero attached hydrogens (tertiary/aromatic N) is 3. The molecule has 0 aliphatic rings. The number of carbonyl (C=O) groups excluding carboxylic acids is 1. The second-order valence-electron chi connectivity index (χ2n) is 7.06. The number of methoxy groups -OCH3 is 1. The maximum atomic E-state index is 13.2. The van der Waals surface area contributed by atoms with Gasteiger partial charge in [-0.1, -0.05) is 16.8 Å². The Morgan fingerprint density at radius 2 is 2.03 bits per heavy atom. The van der Waals surface area contributed by atoms with Crippen LogP contribution in [0.5, 0.6) is 5.75 Å². The third kappa shape index (κ3) is 4.19. The van der Waals surface area contributed by atoms with Crippen molar-refractivity contribution in [3.63, 3.8) is 0 Å². The lowest BCUT2D eigenvalue weighted by Gasteiger charge is -2.12. The molecule has 8 nitrogen and oxygen atoms in total. The summed E-state index contributed by atoms with van der Waals surface area (Å²) in [7, 11) is 1.48. The Balaban J connectivity index is 1.55. The average molecular weight is 457 g/mol. The summed E-state index contributed by atoms with van der Waals surface area (Å²) < 4.78 is 24.9. The molecular formula is C22H18ClFN4O4. The van der Waals surface area contributed by atoms with Crippen LogP contribution in [0.3, 0.4) is 0 Å². The van der Waals surface area contributed by atoms with Crippen molar-refractivity contribution in [3.05, 3.63) is 69.5 Å². The summed E-state index contributed by atoms with van der Waals surface area (Å²) >= 11 is 6.09. The molecule has 2 aromatic heterocycles. The normalized spacial score (nSPS) is 11.0. The van der Waals surface area contributed by atoms with Gasteiger partial charge in [0.15, 0.2) is 0 Å². The van der Waals surface area contributed by atoms with E-state index in [1.54, 1.807) is 12.1 Å². The number of nitrogens with one attached hydrogen (secondary N) is 1. The molecule has 0 saturated carbocycles. The summed E-state index contributed by atoms with van der Waals surface area (Å²) in [5.41, 5.74) is 1.70. The van der Waals surface area contributed by atoms with Crippen molar-refractivity contribution in [2.45, 2.75) is 19.9 Å². The first-order valence-corrected chi connectivity index (χ1v) is 10.00. The van der Waals surface area contributed by atoms with E-state index in [-0.39, 0.29) is 35.7 Å². The molecule has 0 unspecified atom stereocenters. The van der Waals surface area contributed by atoms with Crippen molar-refractivity contribution in [3.8, 4) is 17.0 Å². The van der Waals surface area contributed by atoms with Crippen LogP contribution in [-0.4, -0.2) is 27.7 Å². The Bertz CT molecular complexity index is 1370. The predicted molar refractivity (Wildman–Crippen MR) is 117 cm³/mol. The van der Waals surface area contributed by atoms with Gasteiger partial charge in [0.2, 0.25) is 5.91 Å². The van der Waals surface area contributed by atoms with Crippen molar-refractivity contribution < 1.29 is 18.4 Å². The average Bonchev–Trinajstić information content (AvgIpc) is 3.21. The molecule has 164 valence electrons. The van der Waals surface area contributed by atoms with Crippen molar-refractivity contribution in [1.82, 2.24) is 14.7 Å². The lowest BCUT2D eigenvalue weighted by atomic mass is 10.1. The summed E-state index contributed by atoms with van der Waals surface area (Å²) in [4.78, 5) is 29.6. The van der Waals surface area contributed by atoms with Gasteiger partial charge in [-0.2, -0.15) is 0 Å². The van der Waals surface area contributed by atoms with E-state index >= 15 is 0 Å². The fraction of sp³-hybridized carbons (Fsp3) is 0.182. The van der Waals surface area contributed by atoms with Gasteiger partial charge in [0.05, 0.1) is 12.8 Å². The molecule has 10 heteroatoms. The summed E-state index contributed by atoms with van der Waals surface area (Å²) in [6.07, 6.45) is 1.31. The lowest BCUT2D eigenvalue weighted by Crippen LogP contribution is -2.23. The molecule has 2 heterocycles. The fourth-order valence-corrected chi connectivity index (χ4v) is 3.36. The van der Waals surface area contributed by atoms with Crippen LogP contribution in [0, 0.1) is 12.7 Å². The lowest BCUT2D eigenvalue weighted by molar-refractivity contribution is -0.116. The Morgan fingerprint density at radius 1 is 1.28 bits per heavy atom. The zero-order valence-electron chi connectivity index (χ0n) is 17.2. The number of aryl methyl sites for hydroxylation is 2. The highest BCUT2D eigenvalue weighted by Gasteiger charge is 2.18. The Hall–Kier alpha value is -3.72. The van der Waals surface area contributed by atoms with E-state index in [9.17, 15) is 14.0 Å². The van der Waals surface area contributed by atoms with E-state index in [1.165, 1.54) is 42.3 Å². The van der Waals surface area contributed by atoms with E-state index < -0.39 is 11.4 Å². The Kier molecular flexibility index (Phi) is 5.91. The van der Waals surface area contributed by atoms with Crippen molar-refractivity contribution in [2.24, 2.45) is 0 Å². The third-order valence-corrected chi connectivity index (χ3v) is 5.32. The number of halogens is 2. The molecule has 0 saturated heterocycles. The number of anilines is 1. The molecule has 0 aliphatic carbocycles. The molecule has 4 aromatic rings. The second kappa shape index (κ2) is 8.80. The molecular weight excluding hydrogens is 439 g/mol. The molecule has 0 fully saturated rings. The van der Waals surface area contributed by atoms with Gasteiger partial charge in [-0.15, -0.1) is 0 Å². The number of aromatic nitrogens is 3. The van der Waals surface area contributed by atoms with Crippen LogP contribution in [0.25, 0.3) is 22.4 Å². The molecule has 1 N–H and O–H groups in total. The third-order valence-electron chi connectivity index (χ3n) is 4.92. The number of fused-ring (bicyclic) bond motifs is 1. The fourth-order valence-electron chi connectivity index (χ4n) is 3.21. The maximum Gasteiger partial charge on any atom is 0.266 e. The van der Waals surface area contributed by atoms with Crippen LogP contribution in [0.2, 0.25) is 5.02 Å². The summed E-state index contributed by atoms with van der Waals surface area (Å²) in [5.74, 6) is -0.292. The van der Waals surface area contributed by atoms with E-state index in [2.05, 4.69) is 15.5 Å². The van der Waals surface area contributed by atoms with Gasteiger partial charge in [0.25, 0.3) is 11.3 Å². The number of carbonyl (C=O) groups is 1. The minimum Gasteiger partial charge on any atom is -0.495 e. The summed E-state index contributed by atoms with van der Waals surface area (Å²) in [6, 6.07) is 8.86. The molecule has 1 amide bonds. The molecule has 0 atom stereocenters. The highest BCUT2D eigenvalue weighted by atomic mass is 35.5. The van der Waals surface area contributed by atoms with Crippen LogP contribution < -0.4 is 15.6 Å². The van der Waals surface area contributed by atoms with Crippen molar-refractivity contribution >= 4 is 34.3 Å². The van der Waals surface area contributed by atoms with Crippen LogP contribution in [0.4, 0.5) is 10.1 Å². The first kappa shape index (κ1) is 21.5. The first-order valence-electron chi connectivity index (χ1n) is 9.62. The van der Waals surface area contributed by atoms with E-state index in [1.807, 2.05) is 6.92 Å². The van der Waals surface area contributed by atoms with Crippen molar-refractivity contribution in [2.75, 3.05) is 12.4 Å². The largest absolute Gasteiger partial charge is 0.495 e. The molecule has 4 rings (SSSR count). The number of rotatable bonds is 6. The zero-order chi connectivity index (χ0) is 22.8. The molecule has 0 aliphatic heterocycles. The summed E-state index contributed by atoms with van der Waals surface area (Å²) in [6.45, 7) is 1.89. The molecule has 0 bridgehead atoms. The van der Waals surface area contributed by atoms with Gasteiger partial charge in [-0.05, 0) is 42.8 Å². The first-order chi connectivity index (χ1) is 15.4. The van der Waals surface area contributed by atoms with E-state index in [0.29, 0.717) is 22.0 Å². The van der Waals surface area contributed by atoms with E-state index in [4.69, 9.17) is 20.9 Å². The molecule has 2 aromatic carbocycles. The molecule has 0 radical (unpaired) electrons. The number of hydrogen-bond donors (Lipinski definition) is 1.